The van der Waals surface area contributed by atoms with Crippen molar-refractivity contribution in [1.29, 1.82) is 0 Å². The molecule has 1 aromatic carbocycles. The van der Waals surface area contributed by atoms with Gasteiger partial charge in [-0.2, -0.15) is 0 Å². The van der Waals surface area contributed by atoms with Gasteiger partial charge >= 0.3 is 0 Å². The number of phenolic OH excluding ortho intramolecular Hbond substituents is 1. The minimum absolute atomic E-state index is 0.249. The number of fused-ring (bicyclic) bond motifs is 1. The molecule has 0 fully saturated rings. The third-order valence-corrected chi connectivity index (χ3v) is 3.90. The molecule has 0 amide bonds. The van der Waals surface area contributed by atoms with Crippen LogP contribution in [0.1, 0.15) is 12.1 Å². The van der Waals surface area contributed by atoms with E-state index >= 15 is 0 Å². The van der Waals surface area contributed by atoms with E-state index in [9.17, 15) is 10.2 Å². The normalized spacial score (nSPS) is 18.7. The summed E-state index contributed by atoms with van der Waals surface area (Å²) in [6.07, 6.45) is 1.10. The molecular weight excluding hydrogens is 296 g/mol. The van der Waals surface area contributed by atoms with Crippen LogP contribution < -0.4 is 0 Å². The summed E-state index contributed by atoms with van der Waals surface area (Å²) in [4.78, 5) is 4.51. The average Bonchev–Trinajstić information content (AvgIpc) is 2.68. The molecule has 1 aliphatic rings. The Balaban J connectivity index is 2.08. The molecule has 5 heteroatoms. The first-order valence-corrected chi connectivity index (χ1v) is 6.67. The molecule has 3 rings (SSSR count). The molecule has 0 bridgehead atoms. The highest BCUT2D eigenvalue weighted by atomic mass is 79.9. The molecule has 1 aliphatic heterocycles. The van der Waals surface area contributed by atoms with Crippen molar-refractivity contribution in [1.82, 2.24) is 9.55 Å². The Bertz CT molecular complexity index is 577. The van der Waals surface area contributed by atoms with E-state index in [1.807, 2.05) is 12.1 Å². The van der Waals surface area contributed by atoms with Gasteiger partial charge in [0.25, 0.3) is 0 Å². The highest BCUT2D eigenvalue weighted by molar-refractivity contribution is 9.10. The van der Waals surface area contributed by atoms with Crippen LogP contribution in [0.4, 0.5) is 0 Å². The SMILES string of the molecule is Oc1ccc(-c2nc(Br)c3n2CCC(O)C3)cc1. The first-order valence-electron chi connectivity index (χ1n) is 5.87. The molecule has 1 unspecified atom stereocenters. The van der Waals surface area contributed by atoms with Gasteiger partial charge in [0.2, 0.25) is 0 Å². The van der Waals surface area contributed by atoms with Crippen LogP contribution in [0, 0.1) is 0 Å². The summed E-state index contributed by atoms with van der Waals surface area (Å²) in [6, 6.07) is 7.01. The van der Waals surface area contributed by atoms with E-state index in [2.05, 4.69) is 25.5 Å². The van der Waals surface area contributed by atoms with Crippen LogP contribution in [-0.2, 0) is 13.0 Å². The second-order valence-electron chi connectivity index (χ2n) is 4.52. The third-order valence-electron chi connectivity index (χ3n) is 3.26. The van der Waals surface area contributed by atoms with Crippen LogP contribution in [0.2, 0.25) is 0 Å². The molecule has 0 radical (unpaired) electrons. The Morgan fingerprint density at radius 2 is 2.00 bits per heavy atom. The Morgan fingerprint density at radius 1 is 1.28 bits per heavy atom. The lowest BCUT2D eigenvalue weighted by molar-refractivity contribution is 0.143. The van der Waals surface area contributed by atoms with E-state index < -0.39 is 0 Å². The van der Waals surface area contributed by atoms with E-state index in [0.29, 0.717) is 6.42 Å². The summed E-state index contributed by atoms with van der Waals surface area (Å²) in [5.41, 5.74) is 2.01. The second-order valence-corrected chi connectivity index (χ2v) is 5.27. The molecule has 4 nitrogen and oxygen atoms in total. The van der Waals surface area contributed by atoms with Crippen LogP contribution in [0.15, 0.2) is 28.9 Å². The number of hydrogen-bond donors (Lipinski definition) is 2. The zero-order chi connectivity index (χ0) is 12.7. The third kappa shape index (κ3) is 1.93. The van der Waals surface area contributed by atoms with Crippen LogP contribution in [0.5, 0.6) is 5.75 Å². The number of aliphatic hydroxyl groups excluding tert-OH is 1. The Labute approximate surface area is 113 Å². The zero-order valence-electron chi connectivity index (χ0n) is 9.67. The van der Waals surface area contributed by atoms with Crippen LogP contribution in [0.3, 0.4) is 0 Å². The number of aromatic hydroxyl groups is 1. The Kier molecular flexibility index (Phi) is 2.87. The smallest absolute Gasteiger partial charge is 0.141 e. The largest absolute Gasteiger partial charge is 0.508 e. The van der Waals surface area contributed by atoms with E-state index in [-0.39, 0.29) is 11.9 Å². The summed E-state index contributed by atoms with van der Waals surface area (Å²) in [7, 11) is 0. The van der Waals surface area contributed by atoms with Gasteiger partial charge in [-0.1, -0.05) is 0 Å². The first-order chi connectivity index (χ1) is 8.65. The van der Waals surface area contributed by atoms with Crippen LogP contribution in [0.25, 0.3) is 11.4 Å². The van der Waals surface area contributed by atoms with Gasteiger partial charge in [-0.15, -0.1) is 0 Å². The summed E-state index contributed by atoms with van der Waals surface area (Å²) in [5, 5.41) is 19.0. The van der Waals surface area contributed by atoms with Gasteiger partial charge in [-0.05, 0) is 46.6 Å². The number of imidazole rings is 1. The van der Waals surface area contributed by atoms with Crippen molar-refractivity contribution in [2.75, 3.05) is 0 Å². The van der Waals surface area contributed by atoms with Gasteiger partial charge in [0.15, 0.2) is 0 Å². The number of benzene rings is 1. The lowest BCUT2D eigenvalue weighted by Crippen LogP contribution is -2.23. The minimum Gasteiger partial charge on any atom is -0.508 e. The Morgan fingerprint density at radius 3 is 2.72 bits per heavy atom. The lowest BCUT2D eigenvalue weighted by Gasteiger charge is -2.21. The maximum Gasteiger partial charge on any atom is 0.141 e. The second kappa shape index (κ2) is 4.40. The molecule has 1 aromatic heterocycles. The van der Waals surface area contributed by atoms with Gasteiger partial charge in [0.05, 0.1) is 11.8 Å². The van der Waals surface area contributed by atoms with Crippen LogP contribution >= 0.6 is 15.9 Å². The monoisotopic (exact) mass is 308 g/mol. The molecule has 2 heterocycles. The van der Waals surface area contributed by atoms with Crippen molar-refractivity contribution in [2.45, 2.75) is 25.5 Å². The maximum atomic E-state index is 9.70. The summed E-state index contributed by atoms with van der Waals surface area (Å²) >= 11 is 3.45. The standard InChI is InChI=1S/C13H13BrN2O2/c14-12-11-7-10(18)5-6-16(11)13(15-12)8-1-3-9(17)4-2-8/h1-4,10,17-18H,5-7H2. The van der Waals surface area contributed by atoms with Crippen molar-refractivity contribution in [2.24, 2.45) is 0 Å². The fourth-order valence-corrected chi connectivity index (χ4v) is 2.87. The lowest BCUT2D eigenvalue weighted by atomic mass is 10.1. The van der Waals surface area contributed by atoms with Crippen molar-refractivity contribution < 1.29 is 10.2 Å². The summed E-state index contributed by atoms with van der Waals surface area (Å²) < 4.78 is 2.92. The van der Waals surface area contributed by atoms with E-state index in [4.69, 9.17) is 0 Å². The van der Waals surface area contributed by atoms with Crippen molar-refractivity contribution in [3.8, 4) is 17.1 Å². The van der Waals surface area contributed by atoms with Gasteiger partial charge < -0.3 is 14.8 Å². The first kappa shape index (κ1) is 11.7. The van der Waals surface area contributed by atoms with Crippen molar-refractivity contribution >= 4 is 15.9 Å². The summed E-state index contributed by atoms with van der Waals surface area (Å²) in [5.74, 6) is 1.13. The van der Waals surface area contributed by atoms with E-state index in [0.717, 1.165) is 34.7 Å². The average molecular weight is 309 g/mol. The zero-order valence-corrected chi connectivity index (χ0v) is 11.3. The fraction of sp³-hybridized carbons (Fsp3) is 0.308. The molecule has 94 valence electrons. The van der Waals surface area contributed by atoms with Gasteiger partial charge in [-0.3, -0.25) is 0 Å². The highest BCUT2D eigenvalue weighted by Crippen LogP contribution is 2.30. The van der Waals surface area contributed by atoms with Gasteiger partial charge in [0.1, 0.15) is 16.2 Å². The molecule has 1 atom stereocenters. The molecule has 0 spiro atoms. The molecular formula is C13H13BrN2O2. The number of nitrogens with zero attached hydrogens (tertiary/aromatic N) is 2. The van der Waals surface area contributed by atoms with Crippen molar-refractivity contribution in [3.05, 3.63) is 34.6 Å². The van der Waals surface area contributed by atoms with Crippen LogP contribution in [-0.4, -0.2) is 25.9 Å². The molecule has 0 aliphatic carbocycles. The van der Waals surface area contributed by atoms with Crippen molar-refractivity contribution in [3.63, 3.8) is 0 Å². The number of aromatic nitrogens is 2. The molecule has 2 aromatic rings. The quantitative estimate of drug-likeness (QED) is 0.850. The van der Waals surface area contributed by atoms with Gasteiger partial charge in [-0.25, -0.2) is 4.98 Å². The maximum absolute atomic E-state index is 9.70. The number of hydrogen-bond acceptors (Lipinski definition) is 3. The number of phenols is 1. The number of rotatable bonds is 1. The van der Waals surface area contributed by atoms with E-state index in [1.165, 1.54) is 0 Å². The molecule has 0 saturated carbocycles. The van der Waals surface area contributed by atoms with Gasteiger partial charge in [0, 0.05) is 18.5 Å². The number of halogens is 1. The predicted octanol–water partition coefficient (Wildman–Crippen LogP) is 2.33. The molecule has 0 saturated heterocycles. The minimum atomic E-state index is -0.279. The molecule has 2 N–H and O–H groups in total. The number of aliphatic hydroxyl groups is 1. The predicted molar refractivity (Wildman–Crippen MR) is 71.4 cm³/mol. The summed E-state index contributed by atoms with van der Waals surface area (Å²) in [6.45, 7) is 0.769. The van der Waals surface area contributed by atoms with E-state index in [1.54, 1.807) is 12.1 Å². The molecule has 18 heavy (non-hydrogen) atoms. The topological polar surface area (TPSA) is 58.3 Å². The highest BCUT2D eigenvalue weighted by Gasteiger charge is 2.23. The fourth-order valence-electron chi connectivity index (χ4n) is 2.33. The Hall–Kier alpha value is -1.33.